The van der Waals surface area contributed by atoms with E-state index in [4.69, 9.17) is 4.74 Å². The Kier molecular flexibility index (Phi) is 9.91. The summed E-state index contributed by atoms with van der Waals surface area (Å²) in [6, 6.07) is 20.3. The molecule has 2 rings (SSSR count). The molecule has 1 unspecified atom stereocenters. The van der Waals surface area contributed by atoms with E-state index in [1.54, 1.807) is 0 Å². The summed E-state index contributed by atoms with van der Waals surface area (Å²) in [5.74, 6) is 1.68. The largest absolute Gasteiger partial charge is 0.492 e. The lowest BCUT2D eigenvalue weighted by Gasteiger charge is -2.18. The smallest absolute Gasteiger partial charge is 0.191 e. The van der Waals surface area contributed by atoms with Crippen LogP contribution in [0.4, 0.5) is 0 Å². The summed E-state index contributed by atoms with van der Waals surface area (Å²) in [6.07, 6.45) is 0. The summed E-state index contributed by atoms with van der Waals surface area (Å²) in [5.41, 5.74) is 1.23. The van der Waals surface area contributed by atoms with E-state index in [1.165, 1.54) is 5.56 Å². The van der Waals surface area contributed by atoms with Gasteiger partial charge in [-0.3, -0.25) is 0 Å². The van der Waals surface area contributed by atoms with Gasteiger partial charge in [0.25, 0.3) is 0 Å². The highest BCUT2D eigenvalue weighted by molar-refractivity contribution is 14.0. The molecule has 0 saturated heterocycles. The van der Waals surface area contributed by atoms with Crippen LogP contribution in [-0.4, -0.2) is 25.7 Å². The second-order valence-corrected chi connectivity index (χ2v) is 5.20. The van der Waals surface area contributed by atoms with Crippen molar-refractivity contribution in [3.05, 3.63) is 66.2 Å². The number of hydrogen-bond donors (Lipinski definition) is 2. The van der Waals surface area contributed by atoms with Gasteiger partial charge in [0.1, 0.15) is 12.4 Å². The van der Waals surface area contributed by atoms with Gasteiger partial charge in [-0.1, -0.05) is 48.5 Å². The minimum absolute atomic E-state index is 0. The van der Waals surface area contributed by atoms with E-state index in [9.17, 15) is 0 Å². The SMILES string of the molecule is CCNC(=NCCOc1ccccc1)NC(C)c1ccccc1.I. The van der Waals surface area contributed by atoms with Crippen LogP contribution in [0.3, 0.4) is 0 Å². The lowest BCUT2D eigenvalue weighted by atomic mass is 10.1. The van der Waals surface area contributed by atoms with Crippen molar-refractivity contribution >= 4 is 29.9 Å². The number of nitrogens with zero attached hydrogens (tertiary/aromatic N) is 1. The molecular formula is C19H26IN3O. The van der Waals surface area contributed by atoms with E-state index in [2.05, 4.69) is 41.6 Å². The quantitative estimate of drug-likeness (QED) is 0.297. The van der Waals surface area contributed by atoms with Crippen LogP contribution < -0.4 is 15.4 Å². The van der Waals surface area contributed by atoms with Gasteiger partial charge in [-0.05, 0) is 31.5 Å². The highest BCUT2D eigenvalue weighted by Crippen LogP contribution is 2.11. The number of ether oxygens (including phenoxy) is 1. The Hall–Kier alpha value is -1.76. The monoisotopic (exact) mass is 439 g/mol. The molecule has 0 aliphatic carbocycles. The van der Waals surface area contributed by atoms with E-state index in [-0.39, 0.29) is 30.0 Å². The van der Waals surface area contributed by atoms with Crippen LogP contribution in [0, 0.1) is 0 Å². The van der Waals surface area contributed by atoms with Gasteiger partial charge in [-0.25, -0.2) is 4.99 Å². The maximum absolute atomic E-state index is 5.66. The van der Waals surface area contributed by atoms with E-state index >= 15 is 0 Å². The van der Waals surface area contributed by atoms with Crippen molar-refractivity contribution in [3.63, 3.8) is 0 Å². The van der Waals surface area contributed by atoms with Crippen LogP contribution >= 0.6 is 24.0 Å². The van der Waals surface area contributed by atoms with Gasteiger partial charge in [0.2, 0.25) is 0 Å². The molecule has 0 radical (unpaired) electrons. The van der Waals surface area contributed by atoms with Crippen LogP contribution in [-0.2, 0) is 0 Å². The number of para-hydroxylation sites is 1. The van der Waals surface area contributed by atoms with Crippen molar-refractivity contribution < 1.29 is 4.74 Å². The van der Waals surface area contributed by atoms with Gasteiger partial charge in [0, 0.05) is 6.54 Å². The van der Waals surface area contributed by atoms with E-state index in [0.29, 0.717) is 13.2 Å². The highest BCUT2D eigenvalue weighted by atomic mass is 127. The standard InChI is InChI=1S/C19H25N3O.HI/c1-3-20-19(22-16(2)17-10-6-4-7-11-17)21-14-15-23-18-12-8-5-9-13-18;/h4-13,16H,3,14-15H2,1-2H3,(H2,20,21,22);1H. The molecule has 0 saturated carbocycles. The van der Waals surface area contributed by atoms with Gasteiger partial charge < -0.3 is 15.4 Å². The molecule has 2 aromatic rings. The normalized spacial score (nSPS) is 12.0. The van der Waals surface area contributed by atoms with Gasteiger partial charge in [-0.15, -0.1) is 24.0 Å². The molecule has 0 aliphatic heterocycles. The molecule has 2 aromatic carbocycles. The van der Waals surface area contributed by atoms with E-state index in [0.717, 1.165) is 18.3 Å². The molecule has 0 fully saturated rings. The van der Waals surface area contributed by atoms with Gasteiger partial charge in [-0.2, -0.15) is 0 Å². The van der Waals surface area contributed by atoms with Crippen molar-refractivity contribution in [2.24, 2.45) is 4.99 Å². The van der Waals surface area contributed by atoms with Crippen molar-refractivity contribution in [3.8, 4) is 5.75 Å². The lowest BCUT2D eigenvalue weighted by molar-refractivity contribution is 0.328. The fourth-order valence-electron chi connectivity index (χ4n) is 2.19. The fraction of sp³-hybridized carbons (Fsp3) is 0.316. The molecule has 2 N–H and O–H groups in total. The van der Waals surface area contributed by atoms with Crippen LogP contribution in [0.15, 0.2) is 65.7 Å². The van der Waals surface area contributed by atoms with Gasteiger partial charge in [0.15, 0.2) is 5.96 Å². The molecule has 1 atom stereocenters. The molecule has 0 amide bonds. The number of rotatable bonds is 7. The van der Waals surface area contributed by atoms with E-state index in [1.807, 2.05) is 48.5 Å². The zero-order valence-electron chi connectivity index (χ0n) is 14.2. The first-order valence-electron chi connectivity index (χ1n) is 8.07. The third-order valence-electron chi connectivity index (χ3n) is 3.37. The first-order valence-corrected chi connectivity index (χ1v) is 8.07. The third-order valence-corrected chi connectivity index (χ3v) is 3.37. The van der Waals surface area contributed by atoms with Crippen LogP contribution in [0.25, 0.3) is 0 Å². The highest BCUT2D eigenvalue weighted by Gasteiger charge is 2.06. The minimum atomic E-state index is 0. The maximum atomic E-state index is 5.66. The Morgan fingerprint density at radius 1 is 1.04 bits per heavy atom. The summed E-state index contributed by atoms with van der Waals surface area (Å²) >= 11 is 0. The molecule has 0 aromatic heterocycles. The van der Waals surface area contributed by atoms with Crippen LogP contribution in [0.5, 0.6) is 5.75 Å². The summed E-state index contributed by atoms with van der Waals surface area (Å²) in [5, 5.41) is 6.68. The number of hydrogen-bond acceptors (Lipinski definition) is 2. The maximum Gasteiger partial charge on any atom is 0.191 e. The Morgan fingerprint density at radius 3 is 2.29 bits per heavy atom. The third kappa shape index (κ3) is 7.21. The van der Waals surface area contributed by atoms with Crippen molar-refractivity contribution in [1.29, 1.82) is 0 Å². The Labute approximate surface area is 161 Å². The predicted octanol–water partition coefficient (Wildman–Crippen LogP) is 4.00. The fourth-order valence-corrected chi connectivity index (χ4v) is 2.19. The number of benzene rings is 2. The van der Waals surface area contributed by atoms with Crippen LogP contribution in [0.1, 0.15) is 25.5 Å². The lowest BCUT2D eigenvalue weighted by Crippen LogP contribution is -2.39. The molecule has 24 heavy (non-hydrogen) atoms. The van der Waals surface area contributed by atoms with Gasteiger partial charge in [0.05, 0.1) is 12.6 Å². The van der Waals surface area contributed by atoms with E-state index < -0.39 is 0 Å². The average molecular weight is 439 g/mol. The molecule has 130 valence electrons. The summed E-state index contributed by atoms with van der Waals surface area (Å²) in [4.78, 5) is 4.56. The predicted molar refractivity (Wildman–Crippen MR) is 111 cm³/mol. The number of guanidine groups is 1. The number of nitrogens with one attached hydrogen (secondary N) is 2. The number of halogens is 1. The Bertz CT molecular complexity index is 590. The Balaban J connectivity index is 0.00000288. The van der Waals surface area contributed by atoms with Gasteiger partial charge >= 0.3 is 0 Å². The molecule has 0 spiro atoms. The van der Waals surface area contributed by atoms with Crippen LogP contribution in [0.2, 0.25) is 0 Å². The molecule has 5 heteroatoms. The zero-order valence-corrected chi connectivity index (χ0v) is 16.6. The Morgan fingerprint density at radius 2 is 1.67 bits per heavy atom. The molecular weight excluding hydrogens is 413 g/mol. The molecule has 0 aliphatic rings. The minimum Gasteiger partial charge on any atom is -0.492 e. The summed E-state index contributed by atoms with van der Waals surface area (Å²) in [6.45, 7) is 6.17. The second kappa shape index (κ2) is 11.7. The van der Waals surface area contributed by atoms with Crippen molar-refractivity contribution in [2.45, 2.75) is 19.9 Å². The second-order valence-electron chi connectivity index (χ2n) is 5.20. The summed E-state index contributed by atoms with van der Waals surface area (Å²) < 4.78 is 5.66. The molecule has 0 bridgehead atoms. The summed E-state index contributed by atoms with van der Waals surface area (Å²) in [7, 11) is 0. The average Bonchev–Trinajstić information content (AvgIpc) is 2.60. The van der Waals surface area contributed by atoms with Crippen molar-refractivity contribution in [2.75, 3.05) is 19.7 Å². The first-order chi connectivity index (χ1) is 11.3. The zero-order chi connectivity index (χ0) is 16.3. The van der Waals surface area contributed by atoms with Crippen molar-refractivity contribution in [1.82, 2.24) is 10.6 Å². The topological polar surface area (TPSA) is 45.7 Å². The number of aliphatic imine (C=N–C) groups is 1. The first kappa shape index (κ1) is 20.3. The molecule has 0 heterocycles. The molecule has 4 nitrogen and oxygen atoms in total.